The molecular weight excluding hydrogens is 510 g/mol. The van der Waals surface area contributed by atoms with Gasteiger partial charge in [-0.05, 0) is 55.7 Å². The van der Waals surface area contributed by atoms with Crippen molar-refractivity contribution in [2.45, 2.75) is 44.7 Å². The molecule has 0 saturated carbocycles. The number of sulfonamides is 1. The van der Waals surface area contributed by atoms with Crippen LogP contribution in [0.4, 0.5) is 5.69 Å². The summed E-state index contributed by atoms with van der Waals surface area (Å²) in [5.41, 5.74) is 1.74. The van der Waals surface area contributed by atoms with Gasteiger partial charge in [0.2, 0.25) is 11.8 Å². The molecule has 0 aliphatic heterocycles. The molecule has 3 aromatic carbocycles. The van der Waals surface area contributed by atoms with Crippen LogP contribution in [0, 0.1) is 6.92 Å². The molecule has 1 atom stereocenters. The molecule has 3 aromatic rings. The molecule has 0 aliphatic rings. The van der Waals surface area contributed by atoms with Gasteiger partial charge in [0.1, 0.15) is 12.6 Å². The number of para-hydroxylation sites is 1. The second kappa shape index (κ2) is 12.7. The Balaban J connectivity index is 2.03. The van der Waals surface area contributed by atoms with Gasteiger partial charge >= 0.3 is 0 Å². The summed E-state index contributed by atoms with van der Waals surface area (Å²) in [6.45, 7) is 5.38. The Morgan fingerprint density at radius 2 is 1.57 bits per heavy atom. The highest BCUT2D eigenvalue weighted by molar-refractivity contribution is 7.92. The smallest absolute Gasteiger partial charge is 0.264 e. The van der Waals surface area contributed by atoms with E-state index in [4.69, 9.17) is 11.6 Å². The summed E-state index contributed by atoms with van der Waals surface area (Å²) in [6, 6.07) is 21.2. The van der Waals surface area contributed by atoms with Gasteiger partial charge in [-0.1, -0.05) is 73.1 Å². The van der Waals surface area contributed by atoms with Crippen molar-refractivity contribution in [3.63, 3.8) is 0 Å². The lowest BCUT2D eigenvalue weighted by atomic mass is 10.1. The first-order chi connectivity index (χ1) is 17.7. The molecule has 0 heterocycles. The van der Waals surface area contributed by atoms with E-state index < -0.39 is 28.5 Å². The second-order valence-electron chi connectivity index (χ2n) is 8.69. The van der Waals surface area contributed by atoms with E-state index in [1.165, 1.54) is 17.0 Å². The highest BCUT2D eigenvalue weighted by Crippen LogP contribution is 2.27. The van der Waals surface area contributed by atoms with Crippen LogP contribution in [0.5, 0.6) is 0 Å². The third kappa shape index (κ3) is 6.90. The van der Waals surface area contributed by atoms with Crippen LogP contribution in [0.1, 0.15) is 31.4 Å². The van der Waals surface area contributed by atoms with Crippen LogP contribution in [0.25, 0.3) is 0 Å². The van der Waals surface area contributed by atoms with Crippen LogP contribution in [-0.4, -0.2) is 44.3 Å². The van der Waals surface area contributed by atoms with E-state index in [0.29, 0.717) is 28.4 Å². The number of benzene rings is 3. The van der Waals surface area contributed by atoms with E-state index in [-0.39, 0.29) is 17.3 Å². The van der Waals surface area contributed by atoms with Gasteiger partial charge < -0.3 is 10.2 Å². The second-order valence-corrected chi connectivity index (χ2v) is 11.0. The molecule has 1 N–H and O–H groups in total. The lowest BCUT2D eigenvalue weighted by molar-refractivity contribution is -0.139. The van der Waals surface area contributed by atoms with Crippen molar-refractivity contribution in [2.24, 2.45) is 0 Å². The quantitative estimate of drug-likeness (QED) is 0.378. The molecule has 0 spiro atoms. The number of nitrogens with one attached hydrogen (secondary N) is 1. The zero-order valence-corrected chi connectivity index (χ0v) is 22.8. The minimum Gasteiger partial charge on any atom is -0.354 e. The first-order valence-corrected chi connectivity index (χ1v) is 13.9. The van der Waals surface area contributed by atoms with Crippen LogP contribution in [0.2, 0.25) is 5.02 Å². The summed E-state index contributed by atoms with van der Waals surface area (Å²) in [4.78, 5) is 28.2. The molecule has 3 rings (SSSR count). The van der Waals surface area contributed by atoms with Gasteiger partial charge in [0.05, 0.1) is 10.6 Å². The van der Waals surface area contributed by atoms with Gasteiger partial charge in [0.25, 0.3) is 10.0 Å². The Morgan fingerprint density at radius 1 is 0.946 bits per heavy atom. The highest BCUT2D eigenvalue weighted by atomic mass is 35.5. The Bertz CT molecular complexity index is 1330. The van der Waals surface area contributed by atoms with Crippen molar-refractivity contribution in [3.8, 4) is 0 Å². The minimum atomic E-state index is -4.09. The number of hydrogen-bond acceptors (Lipinski definition) is 4. The third-order valence-electron chi connectivity index (χ3n) is 6.01. The normalized spacial score (nSPS) is 12.0. The Kier molecular flexibility index (Phi) is 9.72. The molecule has 0 unspecified atom stereocenters. The summed E-state index contributed by atoms with van der Waals surface area (Å²) >= 11 is 6.37. The first kappa shape index (κ1) is 28.2. The number of halogens is 1. The summed E-state index contributed by atoms with van der Waals surface area (Å²) in [5, 5.41) is 3.27. The molecule has 7 nitrogen and oxygen atoms in total. The maximum atomic E-state index is 13.8. The molecule has 9 heteroatoms. The largest absolute Gasteiger partial charge is 0.354 e. The number of rotatable bonds is 11. The SMILES string of the molecule is CCCNC(=O)[C@H](C)N(Cc1ccccc1Cl)C(=O)CN(c1ccccc1C)S(=O)(=O)c1ccccc1. The number of carbonyl (C=O) groups excluding carboxylic acids is 2. The number of anilines is 1. The van der Waals surface area contributed by atoms with Gasteiger partial charge in [-0.15, -0.1) is 0 Å². The average molecular weight is 542 g/mol. The van der Waals surface area contributed by atoms with Crippen molar-refractivity contribution in [1.29, 1.82) is 0 Å². The lowest BCUT2D eigenvalue weighted by Crippen LogP contribution is -2.51. The number of hydrogen-bond donors (Lipinski definition) is 1. The Labute approximate surface area is 224 Å². The molecule has 0 aromatic heterocycles. The molecule has 196 valence electrons. The van der Waals surface area contributed by atoms with Crippen molar-refractivity contribution >= 4 is 39.1 Å². The van der Waals surface area contributed by atoms with E-state index in [9.17, 15) is 18.0 Å². The topological polar surface area (TPSA) is 86.8 Å². The molecular formula is C28H32ClN3O4S. The van der Waals surface area contributed by atoms with E-state index >= 15 is 0 Å². The fourth-order valence-electron chi connectivity index (χ4n) is 3.86. The summed E-state index contributed by atoms with van der Waals surface area (Å²) < 4.78 is 28.6. The van der Waals surface area contributed by atoms with Crippen molar-refractivity contribution in [3.05, 3.63) is 95.0 Å². The molecule has 2 amide bonds. The predicted molar refractivity (Wildman–Crippen MR) is 147 cm³/mol. The zero-order valence-electron chi connectivity index (χ0n) is 21.2. The predicted octanol–water partition coefficient (Wildman–Crippen LogP) is 4.79. The van der Waals surface area contributed by atoms with Crippen LogP contribution < -0.4 is 9.62 Å². The Morgan fingerprint density at radius 3 is 2.22 bits per heavy atom. The van der Waals surface area contributed by atoms with Crippen LogP contribution in [0.15, 0.2) is 83.8 Å². The van der Waals surface area contributed by atoms with Crippen molar-refractivity contribution < 1.29 is 18.0 Å². The lowest BCUT2D eigenvalue weighted by Gasteiger charge is -2.32. The average Bonchev–Trinajstić information content (AvgIpc) is 2.90. The summed E-state index contributed by atoms with van der Waals surface area (Å²) in [5.74, 6) is -0.850. The van der Waals surface area contributed by atoms with Crippen molar-refractivity contribution in [1.82, 2.24) is 10.2 Å². The van der Waals surface area contributed by atoms with Crippen LogP contribution in [-0.2, 0) is 26.2 Å². The third-order valence-corrected chi connectivity index (χ3v) is 8.15. The van der Waals surface area contributed by atoms with Gasteiger partial charge in [-0.25, -0.2) is 8.42 Å². The van der Waals surface area contributed by atoms with Crippen LogP contribution in [0.3, 0.4) is 0 Å². The number of carbonyl (C=O) groups is 2. The van der Waals surface area contributed by atoms with Crippen molar-refractivity contribution in [2.75, 3.05) is 17.4 Å². The molecule has 0 fully saturated rings. The molecule has 0 radical (unpaired) electrons. The fourth-order valence-corrected chi connectivity index (χ4v) is 5.56. The summed E-state index contributed by atoms with van der Waals surface area (Å²) in [6.07, 6.45) is 0.743. The number of aryl methyl sites for hydroxylation is 1. The highest BCUT2D eigenvalue weighted by Gasteiger charge is 2.33. The molecule has 0 aliphatic carbocycles. The molecule has 0 bridgehead atoms. The van der Waals surface area contributed by atoms with Gasteiger partial charge in [0, 0.05) is 18.1 Å². The van der Waals surface area contributed by atoms with E-state index in [2.05, 4.69) is 5.32 Å². The fraction of sp³-hybridized carbons (Fsp3) is 0.286. The number of amides is 2. The van der Waals surface area contributed by atoms with Gasteiger partial charge in [-0.2, -0.15) is 0 Å². The van der Waals surface area contributed by atoms with Gasteiger partial charge in [0.15, 0.2) is 0 Å². The molecule has 37 heavy (non-hydrogen) atoms. The van der Waals surface area contributed by atoms with Crippen LogP contribution >= 0.6 is 11.6 Å². The monoisotopic (exact) mass is 541 g/mol. The maximum absolute atomic E-state index is 13.8. The summed E-state index contributed by atoms with van der Waals surface area (Å²) in [7, 11) is -4.09. The first-order valence-electron chi connectivity index (χ1n) is 12.1. The maximum Gasteiger partial charge on any atom is 0.264 e. The Hall–Kier alpha value is -3.36. The standard InChI is InChI=1S/C28H32ClN3O4S/c1-4-18-30-28(34)22(3)31(19-23-13-9-10-16-25(23)29)27(33)20-32(26-17-11-8-12-21(26)2)37(35,36)24-14-6-5-7-15-24/h5-17,22H,4,18-20H2,1-3H3,(H,30,34)/t22-/m0/s1. The minimum absolute atomic E-state index is 0.0478. The van der Waals surface area contributed by atoms with Gasteiger partial charge in [-0.3, -0.25) is 13.9 Å². The van der Waals surface area contributed by atoms with E-state index in [0.717, 1.165) is 10.7 Å². The molecule has 0 saturated heterocycles. The zero-order chi connectivity index (χ0) is 27.0. The van der Waals surface area contributed by atoms with E-state index in [1.54, 1.807) is 80.6 Å². The number of nitrogens with zero attached hydrogens (tertiary/aromatic N) is 2. The van der Waals surface area contributed by atoms with E-state index in [1.807, 2.05) is 6.92 Å².